The summed E-state index contributed by atoms with van der Waals surface area (Å²) in [6.07, 6.45) is 3.94. The monoisotopic (exact) mass is 528 g/mol. The van der Waals surface area contributed by atoms with E-state index in [2.05, 4.69) is 34.5 Å². The summed E-state index contributed by atoms with van der Waals surface area (Å²) in [5.41, 5.74) is 2.56. The van der Waals surface area contributed by atoms with Crippen molar-refractivity contribution in [2.24, 2.45) is 5.92 Å². The summed E-state index contributed by atoms with van der Waals surface area (Å²) in [4.78, 5) is 45.8. The average Bonchev–Trinajstić information content (AvgIpc) is 3.34. The minimum absolute atomic E-state index is 0.176. The topological polar surface area (TPSA) is 119 Å². The van der Waals surface area contributed by atoms with Gasteiger partial charge in [0.1, 0.15) is 18.1 Å². The third-order valence-corrected chi connectivity index (χ3v) is 6.16. The van der Waals surface area contributed by atoms with Crippen LogP contribution in [-0.4, -0.2) is 50.9 Å². The Morgan fingerprint density at radius 2 is 1.79 bits per heavy atom. The fraction of sp³-hybridized carbons (Fsp3) is 0.310. The molecule has 39 heavy (non-hydrogen) atoms. The molecule has 2 amide bonds. The second kappa shape index (κ2) is 12.8. The smallest absolute Gasteiger partial charge is 0.338 e. The Morgan fingerprint density at radius 3 is 2.54 bits per heavy atom. The van der Waals surface area contributed by atoms with Crippen LogP contribution in [0.3, 0.4) is 0 Å². The molecular weight excluding hydrogens is 496 g/mol. The molecule has 10 heteroatoms. The van der Waals surface area contributed by atoms with Gasteiger partial charge in [-0.25, -0.2) is 9.48 Å². The number of esters is 1. The summed E-state index contributed by atoms with van der Waals surface area (Å²) in [5.74, 6) is -0.882. The Kier molecular flexibility index (Phi) is 8.98. The highest BCUT2D eigenvalue weighted by molar-refractivity contribution is 6.02. The molecule has 1 atom stereocenters. The van der Waals surface area contributed by atoms with Gasteiger partial charge in [-0.05, 0) is 67.3 Å². The molecule has 0 saturated carbocycles. The fourth-order valence-electron chi connectivity index (χ4n) is 4.22. The van der Waals surface area contributed by atoms with Gasteiger partial charge in [-0.2, -0.15) is 0 Å². The number of benzene rings is 2. The van der Waals surface area contributed by atoms with Crippen molar-refractivity contribution >= 4 is 34.5 Å². The van der Waals surface area contributed by atoms with Crippen molar-refractivity contribution < 1.29 is 19.1 Å². The number of fused-ring (bicyclic) bond motifs is 1. The van der Waals surface area contributed by atoms with E-state index in [4.69, 9.17) is 4.74 Å². The van der Waals surface area contributed by atoms with E-state index in [1.54, 1.807) is 55.7 Å². The summed E-state index contributed by atoms with van der Waals surface area (Å²) in [6.45, 7) is 6.36. The van der Waals surface area contributed by atoms with Crippen LogP contribution < -0.4 is 10.2 Å². The van der Waals surface area contributed by atoms with E-state index < -0.39 is 17.9 Å². The molecule has 202 valence electrons. The number of aromatic nitrogens is 4. The summed E-state index contributed by atoms with van der Waals surface area (Å²) < 4.78 is 6.67. The molecule has 0 radical (unpaired) electrons. The molecule has 2 aromatic heterocycles. The number of nitrogens with one attached hydrogen (secondary N) is 1. The SMILES string of the molecule is CCOC(=O)c1cccc(N(C(=O)Cn2nnc3ccccc32)[C@H](C(=O)NCCC(C)C)c2ccncc2)c1. The van der Waals surface area contributed by atoms with Crippen molar-refractivity contribution in [2.75, 3.05) is 18.1 Å². The van der Waals surface area contributed by atoms with E-state index in [0.717, 1.165) is 6.42 Å². The van der Waals surface area contributed by atoms with Crippen LogP contribution >= 0.6 is 0 Å². The number of amides is 2. The molecule has 1 N–H and O–H groups in total. The maximum absolute atomic E-state index is 14.1. The van der Waals surface area contributed by atoms with E-state index in [1.807, 2.05) is 24.3 Å². The number of ether oxygens (including phenoxy) is 1. The molecule has 10 nitrogen and oxygen atoms in total. The number of hydrogen-bond donors (Lipinski definition) is 1. The molecule has 0 saturated heterocycles. The predicted molar refractivity (Wildman–Crippen MR) is 147 cm³/mol. The van der Waals surface area contributed by atoms with Gasteiger partial charge >= 0.3 is 5.97 Å². The zero-order valence-corrected chi connectivity index (χ0v) is 22.3. The Balaban J connectivity index is 1.79. The van der Waals surface area contributed by atoms with Gasteiger partial charge < -0.3 is 10.1 Å². The van der Waals surface area contributed by atoms with Gasteiger partial charge in [-0.15, -0.1) is 5.10 Å². The van der Waals surface area contributed by atoms with E-state index in [-0.39, 0.29) is 24.6 Å². The summed E-state index contributed by atoms with van der Waals surface area (Å²) in [7, 11) is 0. The normalized spacial score (nSPS) is 11.8. The highest BCUT2D eigenvalue weighted by Crippen LogP contribution is 2.29. The van der Waals surface area contributed by atoms with Gasteiger partial charge in [-0.1, -0.05) is 37.3 Å². The maximum atomic E-state index is 14.1. The lowest BCUT2D eigenvalue weighted by molar-refractivity contribution is -0.127. The van der Waals surface area contributed by atoms with Gasteiger partial charge in [-0.3, -0.25) is 19.5 Å². The lowest BCUT2D eigenvalue weighted by Crippen LogP contribution is -2.45. The van der Waals surface area contributed by atoms with Crippen LogP contribution in [-0.2, 0) is 20.9 Å². The molecule has 4 aromatic rings. The van der Waals surface area contributed by atoms with Crippen LogP contribution in [0.5, 0.6) is 0 Å². The highest BCUT2D eigenvalue weighted by Gasteiger charge is 2.33. The highest BCUT2D eigenvalue weighted by atomic mass is 16.5. The van der Waals surface area contributed by atoms with Gasteiger partial charge in [0.25, 0.3) is 0 Å². The second-order valence-corrected chi connectivity index (χ2v) is 9.43. The maximum Gasteiger partial charge on any atom is 0.338 e. The van der Waals surface area contributed by atoms with Crippen molar-refractivity contribution in [3.63, 3.8) is 0 Å². The second-order valence-electron chi connectivity index (χ2n) is 9.43. The molecule has 0 unspecified atom stereocenters. The average molecular weight is 529 g/mol. The number of carbonyl (C=O) groups excluding carboxylic acids is 3. The Bertz CT molecular complexity index is 1440. The zero-order valence-electron chi connectivity index (χ0n) is 22.3. The summed E-state index contributed by atoms with van der Waals surface area (Å²) in [6, 6.07) is 16.2. The van der Waals surface area contributed by atoms with E-state index in [0.29, 0.717) is 34.7 Å². The Labute approximate surface area is 227 Å². The fourth-order valence-corrected chi connectivity index (χ4v) is 4.22. The standard InChI is InChI=1S/C29H32N6O4/c1-4-39-29(38)22-8-7-9-23(18-22)35(26(36)19-34-25-11-6-5-10-24(25)32-33-34)27(21-13-15-30-16-14-21)28(37)31-17-12-20(2)3/h5-11,13-16,18,20,27H,4,12,17,19H2,1-3H3,(H,31,37)/t27-/m0/s1. The van der Waals surface area contributed by atoms with Gasteiger partial charge in [0.2, 0.25) is 11.8 Å². The van der Waals surface area contributed by atoms with Crippen LogP contribution in [0.4, 0.5) is 5.69 Å². The molecule has 2 heterocycles. The van der Waals surface area contributed by atoms with Crippen molar-refractivity contribution in [3.05, 3.63) is 84.2 Å². The van der Waals surface area contributed by atoms with E-state index in [9.17, 15) is 14.4 Å². The number of hydrogen-bond acceptors (Lipinski definition) is 7. The van der Waals surface area contributed by atoms with Gasteiger partial charge in [0.05, 0.1) is 17.7 Å². The van der Waals surface area contributed by atoms with Crippen LogP contribution in [0.25, 0.3) is 11.0 Å². The first kappa shape index (κ1) is 27.4. The molecule has 0 aliphatic heterocycles. The number of para-hydroxylation sites is 1. The predicted octanol–water partition coefficient (Wildman–Crippen LogP) is 3.94. The first-order valence-electron chi connectivity index (χ1n) is 12.9. The minimum atomic E-state index is -1.03. The quantitative estimate of drug-likeness (QED) is 0.293. The molecule has 2 aromatic carbocycles. The zero-order chi connectivity index (χ0) is 27.8. The van der Waals surface area contributed by atoms with E-state index >= 15 is 0 Å². The Morgan fingerprint density at radius 1 is 1.03 bits per heavy atom. The van der Waals surface area contributed by atoms with Crippen LogP contribution in [0.1, 0.15) is 49.2 Å². The number of nitrogens with zero attached hydrogens (tertiary/aromatic N) is 5. The number of carbonyl (C=O) groups is 3. The Hall–Kier alpha value is -4.60. The number of pyridine rings is 1. The van der Waals surface area contributed by atoms with Gasteiger partial charge in [0.15, 0.2) is 0 Å². The molecule has 4 rings (SSSR count). The largest absolute Gasteiger partial charge is 0.462 e. The minimum Gasteiger partial charge on any atom is -0.462 e. The lowest BCUT2D eigenvalue weighted by Gasteiger charge is -2.32. The molecule has 0 bridgehead atoms. The van der Waals surface area contributed by atoms with E-state index in [1.165, 1.54) is 9.58 Å². The van der Waals surface area contributed by atoms with Crippen molar-refractivity contribution in [3.8, 4) is 0 Å². The summed E-state index contributed by atoms with van der Waals surface area (Å²) >= 11 is 0. The first-order chi connectivity index (χ1) is 18.9. The third-order valence-electron chi connectivity index (χ3n) is 6.16. The third kappa shape index (κ3) is 6.64. The molecular formula is C29H32N6O4. The first-order valence-corrected chi connectivity index (χ1v) is 12.9. The molecule has 0 aliphatic carbocycles. The molecule has 0 spiro atoms. The van der Waals surface area contributed by atoms with Crippen LogP contribution in [0.15, 0.2) is 73.1 Å². The molecule has 0 fully saturated rings. The van der Waals surface area contributed by atoms with Crippen LogP contribution in [0, 0.1) is 5.92 Å². The number of rotatable bonds is 11. The molecule has 0 aliphatic rings. The van der Waals surface area contributed by atoms with Gasteiger partial charge in [0, 0.05) is 24.6 Å². The van der Waals surface area contributed by atoms with Crippen molar-refractivity contribution in [2.45, 2.75) is 39.8 Å². The van der Waals surface area contributed by atoms with Crippen molar-refractivity contribution in [1.82, 2.24) is 25.3 Å². The lowest BCUT2D eigenvalue weighted by atomic mass is 10.0. The summed E-state index contributed by atoms with van der Waals surface area (Å²) in [5, 5.41) is 11.3. The van der Waals surface area contributed by atoms with Crippen molar-refractivity contribution in [1.29, 1.82) is 0 Å². The number of anilines is 1. The van der Waals surface area contributed by atoms with Crippen LogP contribution in [0.2, 0.25) is 0 Å².